The molecule has 0 saturated heterocycles. The Hall–Kier alpha value is -2.74. The van der Waals surface area contributed by atoms with Gasteiger partial charge >= 0.3 is 0 Å². The number of anilines is 1. The number of rotatable bonds is 5. The second-order valence-electron chi connectivity index (χ2n) is 8.06. The van der Waals surface area contributed by atoms with Gasteiger partial charge in [-0.3, -0.25) is 9.10 Å². The molecule has 8 heteroatoms. The number of hydrogen-bond acceptors (Lipinski definition) is 5. The van der Waals surface area contributed by atoms with Crippen LogP contribution in [0.2, 0.25) is 0 Å². The van der Waals surface area contributed by atoms with Crippen molar-refractivity contribution in [1.29, 1.82) is 0 Å². The maximum absolute atomic E-state index is 12.7. The summed E-state index contributed by atoms with van der Waals surface area (Å²) in [7, 11) is -3.30. The molecule has 1 amide bonds. The maximum Gasteiger partial charge on any atom is 0.251 e. The minimum atomic E-state index is -3.30. The van der Waals surface area contributed by atoms with Crippen molar-refractivity contribution in [2.45, 2.75) is 25.7 Å². The van der Waals surface area contributed by atoms with Gasteiger partial charge < -0.3 is 14.8 Å². The summed E-state index contributed by atoms with van der Waals surface area (Å²) in [6.07, 6.45) is 1.80. The average Bonchev–Trinajstić information content (AvgIpc) is 3.31. The van der Waals surface area contributed by atoms with E-state index in [0.29, 0.717) is 30.8 Å². The Bertz CT molecular complexity index is 1080. The fourth-order valence-corrected chi connectivity index (χ4v) is 4.64. The van der Waals surface area contributed by atoms with E-state index in [0.717, 1.165) is 22.6 Å². The first-order valence-corrected chi connectivity index (χ1v) is 11.3. The van der Waals surface area contributed by atoms with Crippen LogP contribution in [0.3, 0.4) is 0 Å². The molecule has 0 unspecified atom stereocenters. The molecule has 1 N–H and O–H groups in total. The molecule has 154 valence electrons. The van der Waals surface area contributed by atoms with E-state index in [1.165, 1.54) is 10.6 Å². The number of sulfonamides is 1. The normalized spacial score (nSPS) is 15.3. The Morgan fingerprint density at radius 1 is 1.14 bits per heavy atom. The van der Waals surface area contributed by atoms with Gasteiger partial charge in [-0.1, -0.05) is 19.9 Å². The number of benzene rings is 2. The number of carbonyl (C=O) groups excluding carboxylic acids is 1. The molecule has 2 heterocycles. The quantitative estimate of drug-likeness (QED) is 0.809. The van der Waals surface area contributed by atoms with Crippen LogP contribution in [0.15, 0.2) is 36.4 Å². The highest BCUT2D eigenvalue weighted by atomic mass is 32.2. The Morgan fingerprint density at radius 2 is 1.90 bits per heavy atom. The molecule has 0 atom stereocenters. The molecule has 29 heavy (non-hydrogen) atoms. The van der Waals surface area contributed by atoms with E-state index in [9.17, 15) is 13.2 Å². The van der Waals surface area contributed by atoms with Crippen LogP contribution in [-0.2, 0) is 21.9 Å². The summed E-state index contributed by atoms with van der Waals surface area (Å²) in [5.41, 5.74) is 2.80. The van der Waals surface area contributed by atoms with Gasteiger partial charge in [0.2, 0.25) is 16.8 Å². The molecule has 0 radical (unpaired) electrons. The van der Waals surface area contributed by atoms with E-state index in [2.05, 4.69) is 19.2 Å². The van der Waals surface area contributed by atoms with Crippen molar-refractivity contribution in [1.82, 2.24) is 5.32 Å². The van der Waals surface area contributed by atoms with E-state index in [4.69, 9.17) is 9.47 Å². The number of nitrogens with one attached hydrogen (secondary N) is 1. The fraction of sp³-hybridized carbons (Fsp3) is 0.381. The first-order valence-electron chi connectivity index (χ1n) is 9.44. The second-order valence-corrected chi connectivity index (χ2v) is 9.97. The summed E-state index contributed by atoms with van der Waals surface area (Å²) < 4.78 is 35.9. The van der Waals surface area contributed by atoms with E-state index >= 15 is 0 Å². The molecule has 7 nitrogen and oxygen atoms in total. The number of ether oxygens (including phenoxy) is 2. The van der Waals surface area contributed by atoms with Crippen molar-refractivity contribution in [3.63, 3.8) is 0 Å². The molecule has 2 aromatic rings. The predicted molar refractivity (Wildman–Crippen MR) is 110 cm³/mol. The lowest BCUT2D eigenvalue weighted by molar-refractivity contribution is 0.0945. The minimum Gasteiger partial charge on any atom is -0.454 e. The SMILES string of the molecule is CC(C)(CNC(=O)c1ccc2c(c1)CCN2S(C)(=O)=O)c1ccc2c(c1)OCO2. The van der Waals surface area contributed by atoms with Crippen molar-refractivity contribution in [2.24, 2.45) is 0 Å². The highest BCUT2D eigenvalue weighted by Gasteiger charge is 2.28. The summed E-state index contributed by atoms with van der Waals surface area (Å²) in [4.78, 5) is 12.7. The molecule has 0 fully saturated rings. The van der Waals surface area contributed by atoms with Crippen LogP contribution < -0.4 is 19.1 Å². The molecule has 0 bridgehead atoms. The van der Waals surface area contributed by atoms with Crippen molar-refractivity contribution < 1.29 is 22.7 Å². The highest BCUT2D eigenvalue weighted by molar-refractivity contribution is 7.92. The van der Waals surface area contributed by atoms with Crippen molar-refractivity contribution >= 4 is 21.6 Å². The van der Waals surface area contributed by atoms with Gasteiger partial charge in [0.15, 0.2) is 11.5 Å². The Morgan fingerprint density at radius 3 is 2.66 bits per heavy atom. The summed E-state index contributed by atoms with van der Waals surface area (Å²) in [5, 5.41) is 3.00. The van der Waals surface area contributed by atoms with E-state index < -0.39 is 10.0 Å². The number of nitrogens with zero attached hydrogens (tertiary/aromatic N) is 1. The van der Waals surface area contributed by atoms with Crippen LogP contribution in [0.4, 0.5) is 5.69 Å². The molecular weight excluding hydrogens is 392 g/mol. The highest BCUT2D eigenvalue weighted by Crippen LogP contribution is 2.36. The zero-order valence-corrected chi connectivity index (χ0v) is 17.5. The fourth-order valence-electron chi connectivity index (χ4n) is 3.68. The predicted octanol–water partition coefficient (Wildman–Crippen LogP) is 2.45. The van der Waals surface area contributed by atoms with Gasteiger partial charge in [-0.05, 0) is 47.9 Å². The minimum absolute atomic E-state index is 0.181. The lowest BCUT2D eigenvalue weighted by Crippen LogP contribution is -2.36. The summed E-state index contributed by atoms with van der Waals surface area (Å²) >= 11 is 0. The molecule has 0 saturated carbocycles. The third kappa shape index (κ3) is 3.76. The summed E-state index contributed by atoms with van der Waals surface area (Å²) in [5.74, 6) is 1.27. The van der Waals surface area contributed by atoms with Gasteiger partial charge in [0.1, 0.15) is 0 Å². The van der Waals surface area contributed by atoms with Gasteiger partial charge in [0, 0.05) is 24.1 Å². The maximum atomic E-state index is 12.7. The second kappa shape index (κ2) is 6.95. The van der Waals surface area contributed by atoms with Gasteiger partial charge in [-0.25, -0.2) is 8.42 Å². The van der Waals surface area contributed by atoms with E-state index in [-0.39, 0.29) is 18.1 Å². The lowest BCUT2D eigenvalue weighted by atomic mass is 9.84. The van der Waals surface area contributed by atoms with E-state index in [1.54, 1.807) is 18.2 Å². The lowest BCUT2D eigenvalue weighted by Gasteiger charge is -2.26. The summed E-state index contributed by atoms with van der Waals surface area (Å²) in [6, 6.07) is 11.0. The van der Waals surface area contributed by atoms with Crippen LogP contribution in [0, 0.1) is 0 Å². The molecule has 0 spiro atoms. The number of amides is 1. The first-order chi connectivity index (χ1) is 13.6. The van der Waals surface area contributed by atoms with Crippen molar-refractivity contribution in [2.75, 3.05) is 30.4 Å². The van der Waals surface area contributed by atoms with Crippen LogP contribution in [-0.4, -0.2) is 40.5 Å². The van der Waals surface area contributed by atoms with Crippen LogP contribution in [0.25, 0.3) is 0 Å². The third-order valence-corrected chi connectivity index (χ3v) is 6.62. The zero-order valence-electron chi connectivity index (χ0n) is 16.7. The Balaban J connectivity index is 1.46. The monoisotopic (exact) mass is 416 g/mol. The van der Waals surface area contributed by atoms with Crippen LogP contribution in [0.1, 0.15) is 35.3 Å². The smallest absolute Gasteiger partial charge is 0.251 e. The number of carbonyl (C=O) groups is 1. The Kier molecular flexibility index (Phi) is 4.69. The molecule has 0 aromatic heterocycles. The van der Waals surface area contributed by atoms with Gasteiger partial charge in [-0.15, -0.1) is 0 Å². The van der Waals surface area contributed by atoms with Crippen molar-refractivity contribution in [3.8, 4) is 11.5 Å². The molecule has 4 rings (SSSR count). The largest absolute Gasteiger partial charge is 0.454 e. The number of fused-ring (bicyclic) bond motifs is 2. The van der Waals surface area contributed by atoms with Crippen molar-refractivity contribution in [3.05, 3.63) is 53.1 Å². The molecule has 2 aliphatic heterocycles. The number of hydrogen-bond donors (Lipinski definition) is 1. The third-order valence-electron chi connectivity index (χ3n) is 5.44. The average molecular weight is 416 g/mol. The van der Waals surface area contributed by atoms with Gasteiger partial charge in [0.25, 0.3) is 5.91 Å². The molecule has 2 aliphatic rings. The topological polar surface area (TPSA) is 84.9 Å². The molecule has 0 aliphatic carbocycles. The van der Waals surface area contributed by atoms with Crippen LogP contribution in [0.5, 0.6) is 11.5 Å². The molecule has 2 aromatic carbocycles. The first kappa shape index (κ1) is 19.6. The van der Waals surface area contributed by atoms with Crippen LogP contribution >= 0.6 is 0 Å². The zero-order chi connectivity index (χ0) is 20.8. The van der Waals surface area contributed by atoms with E-state index in [1.807, 2.05) is 18.2 Å². The molecular formula is C21H24N2O5S. The van der Waals surface area contributed by atoms with Gasteiger partial charge in [-0.2, -0.15) is 0 Å². The van der Waals surface area contributed by atoms with Gasteiger partial charge in [0.05, 0.1) is 11.9 Å². The standard InChI is InChI=1S/C21H24N2O5S/c1-21(2,16-5-7-18-19(11-16)28-13-27-18)12-22-20(24)15-4-6-17-14(10-15)8-9-23(17)29(3,25)26/h4-7,10-11H,8-9,12-13H2,1-3H3,(H,22,24). The Labute approximate surface area is 170 Å². The summed E-state index contributed by atoms with van der Waals surface area (Å²) in [6.45, 7) is 5.19.